The van der Waals surface area contributed by atoms with Crippen LogP contribution in [0.3, 0.4) is 0 Å². The number of fused-ring (bicyclic) bond motifs is 3. The number of nitrogens with two attached hydrogens (primary N) is 1. The van der Waals surface area contributed by atoms with E-state index in [4.69, 9.17) is 5.84 Å². The summed E-state index contributed by atoms with van der Waals surface area (Å²) >= 11 is 0. The zero-order chi connectivity index (χ0) is 28.9. The number of para-hydroxylation sites is 1. The summed E-state index contributed by atoms with van der Waals surface area (Å²) in [6, 6.07) is 45.9. The molecule has 0 saturated carbocycles. The van der Waals surface area contributed by atoms with Crippen molar-refractivity contribution in [3.05, 3.63) is 150 Å². The predicted molar refractivity (Wildman–Crippen MR) is 182 cm³/mol. The van der Waals surface area contributed by atoms with Gasteiger partial charge in [-0.1, -0.05) is 123 Å². The highest BCUT2D eigenvalue weighted by atomic mass is 15.1. The van der Waals surface area contributed by atoms with E-state index in [0.717, 1.165) is 22.5 Å². The van der Waals surface area contributed by atoms with Crippen LogP contribution in [0.5, 0.6) is 0 Å². The van der Waals surface area contributed by atoms with Gasteiger partial charge >= 0.3 is 0 Å². The molecule has 1 aliphatic carbocycles. The van der Waals surface area contributed by atoms with Crippen molar-refractivity contribution in [3.63, 3.8) is 0 Å². The van der Waals surface area contributed by atoms with E-state index < -0.39 is 0 Å². The molecular formula is C40H29N3. The average Bonchev–Trinajstić information content (AvgIpc) is 3.50. The van der Waals surface area contributed by atoms with Crippen LogP contribution in [0.25, 0.3) is 59.8 Å². The van der Waals surface area contributed by atoms with E-state index in [1.54, 1.807) is 0 Å². The summed E-state index contributed by atoms with van der Waals surface area (Å²) in [7, 11) is 0. The van der Waals surface area contributed by atoms with Crippen LogP contribution in [0, 0.1) is 0 Å². The Hall–Kier alpha value is -5.41. The van der Waals surface area contributed by atoms with Gasteiger partial charge in [0.05, 0.1) is 22.4 Å². The Bertz CT molecular complexity index is 2480. The van der Waals surface area contributed by atoms with Crippen LogP contribution in [-0.4, -0.2) is 10.3 Å². The third-order valence-electron chi connectivity index (χ3n) is 9.70. The van der Waals surface area contributed by atoms with Crippen molar-refractivity contribution in [1.82, 2.24) is 4.57 Å². The summed E-state index contributed by atoms with van der Waals surface area (Å²) in [5, 5.41) is 14.8. The van der Waals surface area contributed by atoms with Gasteiger partial charge in [0.1, 0.15) is 0 Å². The lowest BCUT2D eigenvalue weighted by Crippen LogP contribution is -2.15. The molecule has 0 spiro atoms. The lowest BCUT2D eigenvalue weighted by atomic mass is 9.81. The zero-order valence-corrected chi connectivity index (χ0v) is 24.1. The second-order valence-electron chi connectivity index (χ2n) is 12.2. The molecule has 0 amide bonds. The number of hydrazone groups is 1. The largest absolute Gasteiger partial charge is 0.323 e. The van der Waals surface area contributed by atoms with Crippen LogP contribution >= 0.6 is 0 Å². The van der Waals surface area contributed by atoms with Gasteiger partial charge < -0.3 is 10.4 Å². The van der Waals surface area contributed by atoms with E-state index in [0.29, 0.717) is 0 Å². The van der Waals surface area contributed by atoms with E-state index >= 15 is 0 Å². The Kier molecular flexibility index (Phi) is 4.82. The van der Waals surface area contributed by atoms with Gasteiger partial charge in [-0.25, -0.2) is 0 Å². The molecule has 3 nitrogen and oxygen atoms in total. The quantitative estimate of drug-likeness (QED) is 0.133. The standard InChI is InChI=1S/C40H29N3/c1-40(2)30-19-10-17-27-25-14-6-7-15-26(25)28-18-11-21-33-36(28)38-34(23-22-31(40)37(38)35(27)30)43(33)32-20-9-8-16-29(32)39(42-41)24-12-4-3-5-13-24/h3-23H,41H2,1-2H3/b27-25?,28-26?,42-39-. The fraction of sp³-hybridized carbons (Fsp3) is 0.0750. The van der Waals surface area contributed by atoms with Crippen LogP contribution in [0.15, 0.2) is 132 Å². The summed E-state index contributed by atoms with van der Waals surface area (Å²) in [4.78, 5) is 0. The fourth-order valence-electron chi connectivity index (χ4n) is 7.84. The lowest BCUT2D eigenvalue weighted by Gasteiger charge is -2.22. The van der Waals surface area contributed by atoms with E-state index in [9.17, 15) is 0 Å². The molecule has 0 radical (unpaired) electrons. The normalized spacial score (nSPS) is 14.2. The van der Waals surface area contributed by atoms with Gasteiger partial charge in [0.15, 0.2) is 0 Å². The molecule has 204 valence electrons. The highest BCUT2D eigenvalue weighted by Crippen LogP contribution is 2.53. The molecule has 3 heteroatoms. The number of benzene rings is 6. The number of aromatic nitrogens is 1. The van der Waals surface area contributed by atoms with E-state index in [1.165, 1.54) is 65.3 Å². The molecule has 1 heterocycles. The molecular weight excluding hydrogens is 522 g/mol. The van der Waals surface area contributed by atoms with Crippen LogP contribution in [0.2, 0.25) is 0 Å². The minimum Gasteiger partial charge on any atom is -0.323 e. The average molecular weight is 552 g/mol. The first-order valence-electron chi connectivity index (χ1n) is 14.9. The minimum absolute atomic E-state index is 0.109. The maximum absolute atomic E-state index is 6.13. The smallest absolute Gasteiger partial charge is 0.0992 e. The minimum atomic E-state index is -0.109. The van der Waals surface area contributed by atoms with Gasteiger partial charge in [0.2, 0.25) is 0 Å². The van der Waals surface area contributed by atoms with Crippen LogP contribution in [0.1, 0.15) is 36.1 Å². The van der Waals surface area contributed by atoms with Crippen LogP contribution in [0.4, 0.5) is 0 Å². The Morgan fingerprint density at radius 1 is 0.535 bits per heavy atom. The van der Waals surface area contributed by atoms with Crippen molar-refractivity contribution in [2.24, 2.45) is 10.9 Å². The van der Waals surface area contributed by atoms with Crippen molar-refractivity contribution in [2.45, 2.75) is 19.3 Å². The van der Waals surface area contributed by atoms with Gasteiger partial charge in [-0.15, -0.1) is 0 Å². The highest BCUT2D eigenvalue weighted by Gasteiger charge is 2.35. The van der Waals surface area contributed by atoms with Crippen molar-refractivity contribution in [3.8, 4) is 5.69 Å². The Morgan fingerprint density at radius 2 is 1.14 bits per heavy atom. The second-order valence-corrected chi connectivity index (χ2v) is 12.2. The number of hydrogen-bond acceptors (Lipinski definition) is 2. The van der Waals surface area contributed by atoms with Crippen LogP contribution in [-0.2, 0) is 5.41 Å². The van der Waals surface area contributed by atoms with Gasteiger partial charge in [0, 0.05) is 27.3 Å². The molecule has 0 unspecified atom stereocenters. The molecule has 43 heavy (non-hydrogen) atoms. The van der Waals surface area contributed by atoms with Gasteiger partial charge in [-0.05, 0) is 61.6 Å². The summed E-state index contributed by atoms with van der Waals surface area (Å²) in [6.07, 6.45) is 0. The molecule has 1 aliphatic rings. The molecule has 2 N–H and O–H groups in total. The third-order valence-corrected chi connectivity index (χ3v) is 9.70. The van der Waals surface area contributed by atoms with E-state index in [1.807, 2.05) is 18.2 Å². The molecule has 1 aromatic heterocycles. The zero-order valence-electron chi connectivity index (χ0n) is 24.1. The summed E-state index contributed by atoms with van der Waals surface area (Å²) in [5.41, 5.74) is 8.86. The maximum Gasteiger partial charge on any atom is 0.0992 e. The molecule has 7 aromatic carbocycles. The maximum atomic E-state index is 6.13. The monoisotopic (exact) mass is 551 g/mol. The molecule has 8 aromatic rings. The van der Waals surface area contributed by atoms with E-state index in [2.05, 4.69) is 133 Å². The number of rotatable bonds is 3. The predicted octanol–water partition coefficient (Wildman–Crippen LogP) is 9.59. The van der Waals surface area contributed by atoms with Crippen molar-refractivity contribution >= 4 is 59.8 Å². The van der Waals surface area contributed by atoms with Crippen molar-refractivity contribution in [2.75, 3.05) is 0 Å². The SMILES string of the molecule is CC1(C)c2cccc3c4ccccc4c4cccc5c4c4c(c1ccc4n5-c1ccccc1/C(=N\N)c1ccccc1)c23. The van der Waals surface area contributed by atoms with Gasteiger partial charge in [0.25, 0.3) is 0 Å². The Morgan fingerprint density at radius 3 is 1.91 bits per heavy atom. The molecule has 0 atom stereocenters. The van der Waals surface area contributed by atoms with Crippen LogP contribution < -0.4 is 5.84 Å². The van der Waals surface area contributed by atoms with Gasteiger partial charge in [-0.3, -0.25) is 0 Å². The summed E-state index contributed by atoms with van der Waals surface area (Å²) in [6.45, 7) is 4.74. The number of nitrogens with zero attached hydrogens (tertiary/aromatic N) is 2. The highest BCUT2D eigenvalue weighted by molar-refractivity contribution is 6.35. The second kappa shape index (κ2) is 8.56. The molecule has 0 fully saturated rings. The lowest BCUT2D eigenvalue weighted by molar-refractivity contribution is 0.663. The molecule has 9 rings (SSSR count). The fourth-order valence-corrected chi connectivity index (χ4v) is 7.84. The Balaban J connectivity index is 1.55. The summed E-state index contributed by atoms with van der Waals surface area (Å²) in [5.74, 6) is 6.13. The first-order valence-corrected chi connectivity index (χ1v) is 14.9. The van der Waals surface area contributed by atoms with Crippen molar-refractivity contribution < 1.29 is 0 Å². The topological polar surface area (TPSA) is 43.3 Å². The Labute approximate surface area is 249 Å². The number of hydrogen-bond donors (Lipinski definition) is 1. The molecule has 0 bridgehead atoms. The first-order chi connectivity index (χ1) is 21.1. The van der Waals surface area contributed by atoms with Crippen molar-refractivity contribution in [1.29, 1.82) is 0 Å². The third kappa shape index (κ3) is 3.06. The molecule has 0 aliphatic heterocycles. The summed E-state index contributed by atoms with van der Waals surface area (Å²) < 4.78 is 2.43. The first kappa shape index (κ1) is 24.2. The van der Waals surface area contributed by atoms with Gasteiger partial charge in [-0.2, -0.15) is 5.10 Å². The molecule has 0 saturated heterocycles. The van der Waals surface area contributed by atoms with E-state index in [-0.39, 0.29) is 5.41 Å².